The first-order valence-electron chi connectivity index (χ1n) is 2.55. The summed E-state index contributed by atoms with van der Waals surface area (Å²) in [6.07, 6.45) is 0. The Kier molecular flexibility index (Phi) is 1.47. The van der Waals surface area contributed by atoms with Crippen molar-refractivity contribution in [3.8, 4) is 0 Å². The zero-order valence-corrected chi connectivity index (χ0v) is 9.55. The lowest BCUT2D eigenvalue weighted by atomic mass is 15.6. The Bertz CT molecular complexity index is 116. The van der Waals surface area contributed by atoms with Crippen LogP contribution < -0.4 is 0 Å². The van der Waals surface area contributed by atoms with Gasteiger partial charge in [-0.2, -0.15) is 0 Å². The van der Waals surface area contributed by atoms with Crippen LogP contribution in [-0.4, -0.2) is 41.9 Å². The standard InChI is InChI=1S/H6O5Si4/c1-9(4-7-5-9)8-2-6-3-8/h1,8H,6-7H2. The Balaban J connectivity index is 1.94. The summed E-state index contributed by atoms with van der Waals surface area (Å²) in [5.74, 6) is 0. The van der Waals surface area contributed by atoms with E-state index in [-0.39, 0.29) is 0 Å². The highest BCUT2D eigenvalue weighted by molar-refractivity contribution is 7.25. The van der Waals surface area contributed by atoms with Crippen molar-refractivity contribution in [3.05, 3.63) is 0 Å². The van der Waals surface area contributed by atoms with Crippen molar-refractivity contribution < 1.29 is 21.3 Å². The monoisotopic (exact) mass is 198 g/mol. The zero-order valence-electron chi connectivity index (χ0n) is 4.57. The van der Waals surface area contributed by atoms with Crippen molar-refractivity contribution in [3.63, 3.8) is 0 Å². The Morgan fingerprint density at radius 2 is 1.89 bits per heavy atom. The minimum atomic E-state index is -2.72. The van der Waals surface area contributed by atoms with Crippen LogP contribution in [0, 0.1) is 0 Å². The highest BCUT2D eigenvalue weighted by atomic mass is 29.3. The van der Waals surface area contributed by atoms with E-state index >= 15 is 0 Å². The first-order valence-corrected chi connectivity index (χ1v) is 9.37. The highest BCUT2D eigenvalue weighted by Crippen LogP contribution is 2.20. The minimum Gasteiger partial charge on any atom is -0.420 e. The van der Waals surface area contributed by atoms with Gasteiger partial charge in [0.1, 0.15) is 0 Å². The molecule has 2 saturated heterocycles. The molecular weight excluding hydrogens is 192 g/mol. The van der Waals surface area contributed by atoms with Crippen molar-refractivity contribution in [2.45, 2.75) is 0 Å². The molecule has 2 aliphatic heterocycles. The van der Waals surface area contributed by atoms with Gasteiger partial charge in [-0.25, -0.2) is 0 Å². The molecule has 2 rings (SSSR count). The first-order chi connectivity index (χ1) is 4.31. The van der Waals surface area contributed by atoms with Crippen molar-refractivity contribution in [1.82, 2.24) is 0 Å². The van der Waals surface area contributed by atoms with Gasteiger partial charge < -0.3 is 21.3 Å². The molecule has 0 atom stereocenters. The van der Waals surface area contributed by atoms with Crippen LogP contribution >= 0.6 is 0 Å². The molecule has 0 aromatic rings. The Morgan fingerprint density at radius 3 is 2.00 bits per heavy atom. The van der Waals surface area contributed by atoms with Gasteiger partial charge in [0.05, 0.1) is 0 Å². The average Bonchev–Trinajstić information content (AvgIpc) is 1.56. The highest BCUT2D eigenvalue weighted by Gasteiger charge is 2.59. The molecule has 2 heterocycles. The molecule has 0 amide bonds. The largest absolute Gasteiger partial charge is 0.512 e. The number of hydrogen-bond acceptors (Lipinski definition) is 5. The number of rotatable bonds is 1. The van der Waals surface area contributed by atoms with Crippen LogP contribution in [0.25, 0.3) is 0 Å². The van der Waals surface area contributed by atoms with E-state index in [9.17, 15) is 4.80 Å². The summed E-state index contributed by atoms with van der Waals surface area (Å²) in [5.41, 5.74) is 0. The maximum atomic E-state index is 9.29. The van der Waals surface area contributed by atoms with Crippen LogP contribution in [0.2, 0.25) is 0 Å². The third kappa shape index (κ3) is 0.902. The smallest absolute Gasteiger partial charge is 0.420 e. The van der Waals surface area contributed by atoms with Crippen molar-refractivity contribution >= 4 is 37.1 Å². The second kappa shape index (κ2) is 2.08. The van der Waals surface area contributed by atoms with E-state index in [1.807, 2.05) is 0 Å². The van der Waals surface area contributed by atoms with E-state index in [1.54, 1.807) is 0 Å². The molecule has 0 radical (unpaired) electrons. The van der Waals surface area contributed by atoms with Crippen LogP contribution in [0.3, 0.4) is 0 Å². The second-order valence-corrected chi connectivity index (χ2v) is 12.8. The van der Waals surface area contributed by atoms with Crippen LogP contribution in [0.15, 0.2) is 0 Å². The van der Waals surface area contributed by atoms with Crippen molar-refractivity contribution in [1.29, 1.82) is 0 Å². The van der Waals surface area contributed by atoms with Gasteiger partial charge in [-0.05, 0) is 0 Å². The van der Waals surface area contributed by atoms with Gasteiger partial charge >= 0.3 is 17.1 Å². The van der Waals surface area contributed by atoms with E-state index in [0.29, 0.717) is 0 Å². The predicted molar refractivity (Wildman–Crippen MR) is 36.5 cm³/mol. The van der Waals surface area contributed by atoms with Gasteiger partial charge in [0.25, 0.3) is 20.0 Å². The topological polar surface area (TPSA) is 57.2 Å². The predicted octanol–water partition coefficient (Wildman–Crippen LogP) is -3.69. The fraction of sp³-hybridized carbons (Fsp3) is 0. The second-order valence-electron chi connectivity index (χ2n) is 1.82. The van der Waals surface area contributed by atoms with Gasteiger partial charge in [-0.3, -0.25) is 0 Å². The van der Waals surface area contributed by atoms with Gasteiger partial charge in [-0.1, -0.05) is 0 Å². The molecule has 9 heteroatoms. The maximum Gasteiger partial charge on any atom is 0.512 e. The first kappa shape index (κ1) is 6.38. The average molecular weight is 198 g/mol. The Labute approximate surface area is 59.0 Å². The minimum absolute atomic E-state index is 0.706. The van der Waals surface area contributed by atoms with E-state index < -0.39 is 37.1 Å². The molecule has 0 aromatic carbocycles. The van der Waals surface area contributed by atoms with Crippen molar-refractivity contribution in [2.75, 3.05) is 0 Å². The van der Waals surface area contributed by atoms with E-state index in [1.165, 1.54) is 0 Å². The lowest BCUT2D eigenvalue weighted by Gasteiger charge is -2.41. The van der Waals surface area contributed by atoms with Crippen LogP contribution in [-0.2, 0) is 16.5 Å². The zero-order chi connectivity index (χ0) is 6.32. The molecule has 2 aliphatic rings. The Morgan fingerprint density at radius 1 is 1.22 bits per heavy atom. The molecule has 0 saturated carbocycles. The third-order valence-corrected chi connectivity index (χ3v) is 17.4. The quantitative estimate of drug-likeness (QED) is 0.440. The van der Waals surface area contributed by atoms with Crippen molar-refractivity contribution in [2.24, 2.45) is 0 Å². The van der Waals surface area contributed by atoms with E-state index in [4.69, 9.17) is 16.5 Å². The van der Waals surface area contributed by atoms with Gasteiger partial charge in [-0.15, -0.1) is 0 Å². The molecule has 52 valence electrons. The normalized spacial score (nSPS) is 55.0. The molecule has 5 nitrogen and oxygen atoms in total. The molecule has 2 fully saturated rings. The molecule has 0 bridgehead atoms. The lowest BCUT2D eigenvalue weighted by Crippen LogP contribution is -2.72. The summed E-state index contributed by atoms with van der Waals surface area (Å²) in [7, 11) is -6.02. The molecule has 0 spiro atoms. The summed E-state index contributed by atoms with van der Waals surface area (Å²) in [4.78, 5) is 9.29. The van der Waals surface area contributed by atoms with Crippen LogP contribution in [0.4, 0.5) is 0 Å². The Hall–Kier alpha value is 0.668. The molecule has 0 aromatic heterocycles. The van der Waals surface area contributed by atoms with E-state index in [0.717, 1.165) is 0 Å². The van der Waals surface area contributed by atoms with Crippen LogP contribution in [0.5, 0.6) is 0 Å². The van der Waals surface area contributed by atoms with Gasteiger partial charge in [0.15, 0.2) is 0 Å². The van der Waals surface area contributed by atoms with Crippen LogP contribution in [0.1, 0.15) is 0 Å². The summed E-state index contributed by atoms with van der Waals surface area (Å²) >= 11 is 0. The molecule has 0 unspecified atom stereocenters. The third-order valence-electron chi connectivity index (χ3n) is 1.27. The lowest BCUT2D eigenvalue weighted by molar-refractivity contribution is 0.168. The van der Waals surface area contributed by atoms with E-state index in [2.05, 4.69) is 0 Å². The van der Waals surface area contributed by atoms with Gasteiger partial charge in [0.2, 0.25) is 0 Å². The summed E-state index contributed by atoms with van der Waals surface area (Å²) in [5, 5.41) is 0. The molecular formula is H6O5Si4. The fourth-order valence-electron chi connectivity index (χ4n) is 0.662. The fourth-order valence-corrected chi connectivity index (χ4v) is 14.7. The SMILES string of the molecule is O[Si]1([SiH]2O[SiH2]O2)O[SiH2]O1. The summed E-state index contributed by atoms with van der Waals surface area (Å²) < 4.78 is 20.1. The maximum absolute atomic E-state index is 9.29. The molecule has 1 N–H and O–H groups in total. The summed E-state index contributed by atoms with van der Waals surface area (Å²) in [6.45, 7) is 0. The number of hydrogen-bond donors (Lipinski definition) is 1. The molecule has 9 heavy (non-hydrogen) atoms. The molecule has 0 aliphatic carbocycles. The van der Waals surface area contributed by atoms with Gasteiger partial charge in [0, 0.05) is 0 Å². The summed E-state index contributed by atoms with van der Waals surface area (Å²) in [6, 6.07) is 0.